The molecule has 0 bridgehead atoms. The average Bonchev–Trinajstić information content (AvgIpc) is 3.45. The van der Waals surface area contributed by atoms with Gasteiger partial charge in [0.25, 0.3) is 0 Å². The Bertz CT molecular complexity index is 919. The van der Waals surface area contributed by atoms with Crippen LogP contribution in [0.3, 0.4) is 0 Å². The Morgan fingerprint density at radius 2 is 2.00 bits per heavy atom. The molecule has 2 N–H and O–H groups in total. The fourth-order valence-electron chi connectivity index (χ4n) is 3.64. The number of methoxy groups -OCH3 is 1. The number of halogens is 1. The van der Waals surface area contributed by atoms with E-state index in [4.69, 9.17) is 4.74 Å². The molecule has 8 heteroatoms. The number of thiophene rings is 1. The summed E-state index contributed by atoms with van der Waals surface area (Å²) in [6.07, 6.45) is 5.10. The molecular weight excluding hydrogens is 408 g/mol. The second-order valence-electron chi connectivity index (χ2n) is 6.91. The molecule has 1 saturated heterocycles. The highest BCUT2D eigenvalue weighted by Crippen LogP contribution is 2.30. The minimum absolute atomic E-state index is 0. The van der Waals surface area contributed by atoms with Crippen molar-refractivity contribution in [2.45, 2.75) is 24.9 Å². The van der Waals surface area contributed by atoms with Gasteiger partial charge in [-0.15, -0.1) is 23.7 Å². The van der Waals surface area contributed by atoms with Gasteiger partial charge < -0.3 is 15.4 Å². The lowest BCUT2D eigenvalue weighted by Gasteiger charge is -2.36. The lowest BCUT2D eigenvalue weighted by molar-refractivity contribution is -0.132. The molecule has 0 spiro atoms. The smallest absolute Gasteiger partial charge is 0.248 e. The van der Waals surface area contributed by atoms with Crippen LogP contribution in [0.25, 0.3) is 10.4 Å². The molecule has 3 aromatic rings. The van der Waals surface area contributed by atoms with Gasteiger partial charge in [0.05, 0.1) is 13.7 Å². The Balaban J connectivity index is 0.00000240. The first-order chi connectivity index (χ1) is 13.7. The van der Waals surface area contributed by atoms with Crippen LogP contribution >= 0.6 is 23.7 Å². The number of rotatable bonds is 6. The Hall–Kier alpha value is -2.35. The summed E-state index contributed by atoms with van der Waals surface area (Å²) in [7, 11) is 1.67. The van der Waals surface area contributed by atoms with Gasteiger partial charge in [-0.05, 0) is 74.0 Å². The average molecular weight is 433 g/mol. The van der Waals surface area contributed by atoms with Gasteiger partial charge in [0.15, 0.2) is 0 Å². The number of carbonyl (C=O) groups is 1. The number of piperidine rings is 1. The standard InChI is InChI=1S/C21H24N4O2S.ClH/c1-27-17-5-3-16(4-6-17)19-8-7-18(28-19)15-23-20(26)21(9-12-22-13-10-21)25-14-2-11-24-25;/h2-8,11,14,22H,9-10,12-13,15H2,1H3,(H,23,26);1H. The van der Waals surface area contributed by atoms with E-state index in [1.54, 1.807) is 24.6 Å². The van der Waals surface area contributed by atoms with Crippen LogP contribution in [0.4, 0.5) is 0 Å². The van der Waals surface area contributed by atoms with Crippen LogP contribution in [-0.2, 0) is 16.9 Å². The van der Waals surface area contributed by atoms with Crippen LogP contribution in [0.15, 0.2) is 54.9 Å². The number of benzene rings is 1. The van der Waals surface area contributed by atoms with E-state index in [-0.39, 0.29) is 18.3 Å². The van der Waals surface area contributed by atoms with E-state index >= 15 is 0 Å². The summed E-state index contributed by atoms with van der Waals surface area (Å²) in [6.45, 7) is 2.15. The number of hydrogen-bond donors (Lipinski definition) is 2. The molecule has 1 aromatic carbocycles. The third kappa shape index (κ3) is 4.47. The van der Waals surface area contributed by atoms with Gasteiger partial charge in [-0.25, -0.2) is 0 Å². The van der Waals surface area contributed by atoms with Crippen LogP contribution in [-0.4, -0.2) is 35.9 Å². The molecule has 1 aliphatic rings. The van der Waals surface area contributed by atoms with Gasteiger partial charge >= 0.3 is 0 Å². The van der Waals surface area contributed by atoms with E-state index in [9.17, 15) is 4.79 Å². The van der Waals surface area contributed by atoms with Crippen molar-refractivity contribution in [3.05, 3.63) is 59.7 Å². The molecule has 0 unspecified atom stereocenters. The summed E-state index contributed by atoms with van der Waals surface area (Å²) in [5.74, 6) is 0.885. The normalized spacial score (nSPS) is 15.3. The Morgan fingerprint density at radius 1 is 1.24 bits per heavy atom. The molecule has 1 amide bonds. The minimum atomic E-state index is -0.606. The van der Waals surface area contributed by atoms with E-state index in [0.717, 1.165) is 42.1 Å². The molecule has 1 fully saturated rings. The first kappa shape index (κ1) is 21.4. The zero-order valence-electron chi connectivity index (χ0n) is 16.3. The van der Waals surface area contributed by atoms with Gasteiger partial charge in [-0.2, -0.15) is 5.10 Å². The predicted molar refractivity (Wildman–Crippen MR) is 118 cm³/mol. The van der Waals surface area contributed by atoms with Crippen LogP contribution in [0.1, 0.15) is 17.7 Å². The maximum Gasteiger partial charge on any atom is 0.248 e. The summed E-state index contributed by atoms with van der Waals surface area (Å²) >= 11 is 1.69. The van der Waals surface area contributed by atoms with Crippen molar-refractivity contribution < 1.29 is 9.53 Å². The van der Waals surface area contributed by atoms with Gasteiger partial charge in [0.2, 0.25) is 5.91 Å². The van der Waals surface area contributed by atoms with Crippen LogP contribution < -0.4 is 15.4 Å². The number of nitrogens with one attached hydrogen (secondary N) is 2. The fourth-order valence-corrected chi connectivity index (χ4v) is 4.59. The van der Waals surface area contributed by atoms with Gasteiger partial charge in [0, 0.05) is 22.1 Å². The highest BCUT2D eigenvalue weighted by Gasteiger charge is 2.41. The lowest BCUT2D eigenvalue weighted by atomic mass is 9.87. The maximum absolute atomic E-state index is 13.1. The molecule has 3 heterocycles. The van der Waals surface area contributed by atoms with Crippen molar-refractivity contribution in [1.29, 1.82) is 0 Å². The quantitative estimate of drug-likeness (QED) is 0.626. The number of ether oxygens (including phenoxy) is 1. The first-order valence-electron chi connectivity index (χ1n) is 9.43. The zero-order chi connectivity index (χ0) is 19.4. The van der Waals surface area contributed by atoms with Crippen LogP contribution in [0, 0.1) is 0 Å². The third-order valence-electron chi connectivity index (χ3n) is 5.26. The Morgan fingerprint density at radius 3 is 2.66 bits per heavy atom. The summed E-state index contributed by atoms with van der Waals surface area (Å²) < 4.78 is 7.04. The third-order valence-corrected chi connectivity index (χ3v) is 6.39. The second kappa shape index (κ2) is 9.43. The Labute approximate surface area is 180 Å². The highest BCUT2D eigenvalue weighted by atomic mass is 35.5. The lowest BCUT2D eigenvalue weighted by Crippen LogP contribution is -2.54. The summed E-state index contributed by atoms with van der Waals surface area (Å²) in [6, 6.07) is 14.1. The number of amides is 1. The predicted octanol–water partition coefficient (Wildman–Crippen LogP) is 3.44. The molecule has 6 nitrogen and oxygen atoms in total. The van der Waals surface area contributed by atoms with E-state index in [1.807, 2.05) is 29.1 Å². The molecule has 0 atom stereocenters. The minimum Gasteiger partial charge on any atom is -0.497 e. The van der Waals surface area contributed by atoms with E-state index < -0.39 is 5.54 Å². The van der Waals surface area contributed by atoms with Crippen molar-refractivity contribution in [2.24, 2.45) is 0 Å². The van der Waals surface area contributed by atoms with Gasteiger partial charge in [0.1, 0.15) is 11.3 Å². The molecule has 29 heavy (non-hydrogen) atoms. The van der Waals surface area contributed by atoms with Crippen molar-refractivity contribution in [2.75, 3.05) is 20.2 Å². The van der Waals surface area contributed by atoms with Crippen molar-refractivity contribution >= 4 is 29.7 Å². The van der Waals surface area contributed by atoms with Crippen molar-refractivity contribution in [1.82, 2.24) is 20.4 Å². The number of hydrogen-bond acceptors (Lipinski definition) is 5. The second-order valence-corrected chi connectivity index (χ2v) is 8.08. The van der Waals surface area contributed by atoms with Crippen LogP contribution in [0.5, 0.6) is 5.75 Å². The van der Waals surface area contributed by atoms with E-state index in [0.29, 0.717) is 6.54 Å². The molecule has 0 saturated carbocycles. The maximum atomic E-state index is 13.1. The molecule has 0 radical (unpaired) electrons. The molecule has 0 aliphatic carbocycles. The topological polar surface area (TPSA) is 68.2 Å². The summed E-state index contributed by atoms with van der Waals surface area (Å²) in [4.78, 5) is 15.4. The highest BCUT2D eigenvalue weighted by molar-refractivity contribution is 7.15. The monoisotopic (exact) mass is 432 g/mol. The Kier molecular flexibility index (Phi) is 6.95. The number of aromatic nitrogens is 2. The number of carbonyl (C=O) groups excluding carboxylic acids is 1. The fraction of sp³-hybridized carbons (Fsp3) is 0.333. The largest absolute Gasteiger partial charge is 0.497 e. The SMILES string of the molecule is COc1ccc(-c2ccc(CNC(=O)C3(n4cccn4)CCNCC3)s2)cc1.Cl. The van der Waals surface area contributed by atoms with E-state index in [1.165, 1.54) is 4.88 Å². The van der Waals surface area contributed by atoms with Gasteiger partial charge in [-0.1, -0.05) is 0 Å². The van der Waals surface area contributed by atoms with E-state index in [2.05, 4.69) is 40.0 Å². The van der Waals surface area contributed by atoms with Gasteiger partial charge in [-0.3, -0.25) is 9.48 Å². The van der Waals surface area contributed by atoms with Crippen molar-refractivity contribution in [3.63, 3.8) is 0 Å². The number of nitrogens with zero attached hydrogens (tertiary/aromatic N) is 2. The zero-order valence-corrected chi connectivity index (χ0v) is 17.9. The summed E-state index contributed by atoms with van der Waals surface area (Å²) in [5.41, 5.74) is 0.542. The van der Waals surface area contributed by atoms with Crippen LogP contribution in [0.2, 0.25) is 0 Å². The molecule has 4 rings (SSSR count). The molecule has 1 aliphatic heterocycles. The summed E-state index contributed by atoms with van der Waals surface area (Å²) in [5, 5.41) is 10.8. The molecule has 154 valence electrons. The molecular formula is C21H25ClN4O2S. The molecule has 2 aromatic heterocycles. The first-order valence-corrected chi connectivity index (χ1v) is 10.3. The van der Waals surface area contributed by atoms with Crippen molar-refractivity contribution in [3.8, 4) is 16.2 Å².